The molecule has 0 atom stereocenters. The largest absolute Gasteiger partial charge is 0.297 e. The summed E-state index contributed by atoms with van der Waals surface area (Å²) >= 11 is 3.41. The van der Waals surface area contributed by atoms with Crippen LogP contribution in [0.15, 0.2) is 64.2 Å². The molecule has 1 aliphatic heterocycles. The fraction of sp³-hybridized carbons (Fsp3) is 0.300. The van der Waals surface area contributed by atoms with Crippen molar-refractivity contribution in [2.24, 2.45) is 5.10 Å². The van der Waals surface area contributed by atoms with Gasteiger partial charge in [0.2, 0.25) is 0 Å². The third-order valence-electron chi connectivity index (χ3n) is 4.33. The molecule has 0 aromatic heterocycles. The van der Waals surface area contributed by atoms with Gasteiger partial charge in [-0.25, -0.2) is 5.43 Å². The molecule has 26 heavy (non-hydrogen) atoms. The lowest BCUT2D eigenvalue weighted by molar-refractivity contribution is -0.122. The fourth-order valence-corrected chi connectivity index (χ4v) is 3.37. The molecule has 3 rings (SSSR count). The highest BCUT2D eigenvalue weighted by molar-refractivity contribution is 9.10. The molecule has 1 amide bonds. The number of carbonyl (C=O) groups excluding carboxylic acids is 1. The second-order valence-electron chi connectivity index (χ2n) is 6.39. The number of piperazine rings is 1. The lowest BCUT2D eigenvalue weighted by Gasteiger charge is -2.34. The van der Waals surface area contributed by atoms with Crippen LogP contribution < -0.4 is 5.43 Å². The number of amides is 1. The summed E-state index contributed by atoms with van der Waals surface area (Å²) in [6.07, 6.45) is 1.65. The van der Waals surface area contributed by atoms with Gasteiger partial charge in [-0.1, -0.05) is 58.4 Å². The van der Waals surface area contributed by atoms with Crippen LogP contribution in [0.3, 0.4) is 0 Å². The van der Waals surface area contributed by atoms with Crippen molar-refractivity contribution >= 4 is 28.1 Å². The van der Waals surface area contributed by atoms with Gasteiger partial charge in [-0.05, 0) is 23.3 Å². The Labute approximate surface area is 162 Å². The molecule has 5 nitrogen and oxygen atoms in total. The molecule has 1 aliphatic rings. The average Bonchev–Trinajstić information content (AvgIpc) is 2.64. The van der Waals surface area contributed by atoms with Gasteiger partial charge in [0.25, 0.3) is 5.91 Å². The first-order chi connectivity index (χ1) is 12.7. The number of nitrogens with one attached hydrogen (secondary N) is 1. The quantitative estimate of drug-likeness (QED) is 0.583. The van der Waals surface area contributed by atoms with Crippen LogP contribution in [0.5, 0.6) is 0 Å². The third kappa shape index (κ3) is 6.05. The molecular weight excluding hydrogens is 392 g/mol. The molecule has 0 bridgehead atoms. The summed E-state index contributed by atoms with van der Waals surface area (Å²) in [5.74, 6) is -0.0762. The van der Waals surface area contributed by atoms with Gasteiger partial charge >= 0.3 is 0 Å². The number of carbonyl (C=O) groups is 1. The Morgan fingerprint density at radius 1 is 1.04 bits per heavy atom. The SMILES string of the molecule is O=C(CN1CCN(Cc2ccccc2)CC1)NN=Cc1cccc(Br)c1. The number of halogens is 1. The number of hydrazone groups is 1. The van der Waals surface area contributed by atoms with Crippen LogP contribution in [0, 0.1) is 0 Å². The lowest BCUT2D eigenvalue weighted by atomic mass is 10.2. The summed E-state index contributed by atoms with van der Waals surface area (Å²) in [5.41, 5.74) is 4.88. The van der Waals surface area contributed by atoms with Crippen molar-refractivity contribution in [3.8, 4) is 0 Å². The maximum absolute atomic E-state index is 12.1. The zero-order valence-electron chi connectivity index (χ0n) is 14.6. The molecule has 0 unspecified atom stereocenters. The van der Waals surface area contributed by atoms with E-state index in [9.17, 15) is 4.79 Å². The summed E-state index contributed by atoms with van der Waals surface area (Å²) in [5, 5.41) is 4.04. The van der Waals surface area contributed by atoms with Crippen LogP contribution in [0.4, 0.5) is 0 Å². The standard InChI is InChI=1S/C20H23BrN4O/c21-19-8-4-7-18(13-19)14-22-23-20(26)16-25-11-9-24(10-12-25)15-17-5-2-1-3-6-17/h1-8,13-14H,9-12,15-16H2,(H,23,26). The second-order valence-corrected chi connectivity index (χ2v) is 7.30. The van der Waals surface area contributed by atoms with Gasteiger partial charge in [0.15, 0.2) is 0 Å². The highest BCUT2D eigenvalue weighted by Gasteiger charge is 2.18. The average molecular weight is 415 g/mol. The molecule has 0 aliphatic carbocycles. The Morgan fingerprint density at radius 2 is 1.77 bits per heavy atom. The zero-order chi connectivity index (χ0) is 18.2. The highest BCUT2D eigenvalue weighted by atomic mass is 79.9. The minimum atomic E-state index is -0.0762. The lowest BCUT2D eigenvalue weighted by Crippen LogP contribution is -2.48. The smallest absolute Gasteiger partial charge is 0.254 e. The van der Waals surface area contributed by atoms with Gasteiger partial charge in [-0.2, -0.15) is 5.10 Å². The van der Waals surface area contributed by atoms with E-state index in [-0.39, 0.29) is 5.91 Å². The fourth-order valence-electron chi connectivity index (χ4n) is 2.95. The van der Waals surface area contributed by atoms with E-state index in [0.29, 0.717) is 6.54 Å². The van der Waals surface area contributed by atoms with Gasteiger partial charge in [0, 0.05) is 37.2 Å². The molecule has 1 heterocycles. The Morgan fingerprint density at radius 3 is 2.50 bits per heavy atom. The first-order valence-electron chi connectivity index (χ1n) is 8.75. The second kappa shape index (κ2) is 9.62. The third-order valence-corrected chi connectivity index (χ3v) is 4.83. The van der Waals surface area contributed by atoms with Crippen LogP contribution in [0.1, 0.15) is 11.1 Å². The Kier molecular flexibility index (Phi) is 6.94. The van der Waals surface area contributed by atoms with Crippen molar-refractivity contribution in [3.05, 3.63) is 70.2 Å². The predicted molar refractivity (Wildman–Crippen MR) is 108 cm³/mol. The van der Waals surface area contributed by atoms with Crippen LogP contribution in [0.2, 0.25) is 0 Å². The summed E-state index contributed by atoms with van der Waals surface area (Å²) in [7, 11) is 0. The van der Waals surface area contributed by atoms with E-state index in [1.807, 2.05) is 30.3 Å². The number of hydrogen-bond donors (Lipinski definition) is 1. The van der Waals surface area contributed by atoms with Gasteiger partial charge < -0.3 is 0 Å². The zero-order valence-corrected chi connectivity index (χ0v) is 16.2. The monoisotopic (exact) mass is 414 g/mol. The summed E-state index contributed by atoms with van der Waals surface area (Å²) in [6.45, 7) is 5.10. The summed E-state index contributed by atoms with van der Waals surface area (Å²) in [6, 6.07) is 18.3. The molecule has 1 saturated heterocycles. The van der Waals surface area contributed by atoms with Gasteiger partial charge in [-0.3, -0.25) is 14.6 Å². The molecule has 2 aromatic rings. The van der Waals surface area contributed by atoms with Gasteiger partial charge in [-0.15, -0.1) is 0 Å². The van der Waals surface area contributed by atoms with E-state index in [4.69, 9.17) is 0 Å². The molecular formula is C20H23BrN4O. The minimum absolute atomic E-state index is 0.0762. The number of nitrogens with zero attached hydrogens (tertiary/aromatic N) is 3. The maximum atomic E-state index is 12.1. The van der Waals surface area contributed by atoms with Gasteiger partial charge in [0.1, 0.15) is 0 Å². The van der Waals surface area contributed by atoms with Crippen molar-refractivity contribution in [3.63, 3.8) is 0 Å². The summed E-state index contributed by atoms with van der Waals surface area (Å²) in [4.78, 5) is 16.6. The molecule has 0 saturated carbocycles. The number of rotatable bonds is 6. The minimum Gasteiger partial charge on any atom is -0.297 e. The molecule has 1 fully saturated rings. The predicted octanol–water partition coefficient (Wildman–Crippen LogP) is 2.72. The summed E-state index contributed by atoms with van der Waals surface area (Å²) < 4.78 is 0.987. The van der Waals surface area contributed by atoms with E-state index < -0.39 is 0 Å². The van der Waals surface area contributed by atoms with Crippen LogP contribution in [0.25, 0.3) is 0 Å². The first kappa shape index (κ1) is 18.8. The van der Waals surface area contributed by atoms with Gasteiger partial charge in [0.05, 0.1) is 12.8 Å². The van der Waals surface area contributed by atoms with E-state index in [1.165, 1.54) is 5.56 Å². The van der Waals surface area contributed by atoms with Crippen molar-refractivity contribution in [1.29, 1.82) is 0 Å². The molecule has 1 N–H and O–H groups in total. The van der Waals surface area contributed by atoms with E-state index in [1.54, 1.807) is 6.21 Å². The molecule has 2 aromatic carbocycles. The van der Waals surface area contributed by atoms with Crippen molar-refractivity contribution in [2.45, 2.75) is 6.54 Å². The van der Waals surface area contributed by atoms with E-state index in [0.717, 1.165) is 42.8 Å². The molecule has 136 valence electrons. The van der Waals surface area contributed by atoms with Crippen molar-refractivity contribution in [1.82, 2.24) is 15.2 Å². The molecule has 0 spiro atoms. The molecule has 6 heteroatoms. The molecule has 0 radical (unpaired) electrons. The van der Waals surface area contributed by atoms with E-state index >= 15 is 0 Å². The Hall–Kier alpha value is -2.02. The Bertz CT molecular complexity index is 742. The van der Waals surface area contributed by atoms with E-state index in [2.05, 4.69) is 60.5 Å². The van der Waals surface area contributed by atoms with Crippen LogP contribution >= 0.6 is 15.9 Å². The maximum Gasteiger partial charge on any atom is 0.254 e. The first-order valence-corrected chi connectivity index (χ1v) is 9.54. The normalized spacial score (nSPS) is 16.0. The number of benzene rings is 2. The Balaban J connectivity index is 1.38. The van der Waals surface area contributed by atoms with Crippen LogP contribution in [-0.2, 0) is 11.3 Å². The topological polar surface area (TPSA) is 47.9 Å². The number of hydrogen-bond acceptors (Lipinski definition) is 4. The van der Waals surface area contributed by atoms with Crippen molar-refractivity contribution < 1.29 is 4.79 Å². The van der Waals surface area contributed by atoms with Crippen LogP contribution in [-0.4, -0.2) is 54.6 Å². The van der Waals surface area contributed by atoms with Crippen molar-refractivity contribution in [2.75, 3.05) is 32.7 Å². The highest BCUT2D eigenvalue weighted by Crippen LogP contribution is 2.10.